The highest BCUT2D eigenvalue weighted by molar-refractivity contribution is 6.04. The summed E-state index contributed by atoms with van der Waals surface area (Å²) in [7, 11) is 0. The highest BCUT2D eigenvalue weighted by Crippen LogP contribution is 2.43. The monoisotopic (exact) mass is 659 g/mol. The predicted octanol–water partition coefficient (Wildman–Crippen LogP) is 7.03. The molecule has 258 valence electrons. The second-order valence-corrected chi connectivity index (χ2v) is 13.4. The fourth-order valence-electron chi connectivity index (χ4n) is 7.04. The van der Waals surface area contributed by atoms with Crippen LogP contribution in [-0.4, -0.2) is 60.0 Å². The number of nitrogens with zero attached hydrogens (tertiary/aromatic N) is 3. The Balaban J connectivity index is 1.18. The minimum Gasteiger partial charge on any atom is -0.494 e. The molecular weight excluding hydrogens is 610 g/mol. The maximum Gasteiger partial charge on any atom is 0.302 e. The van der Waals surface area contributed by atoms with Gasteiger partial charge in [-0.05, 0) is 110 Å². The number of aromatic nitrogens is 1. The van der Waals surface area contributed by atoms with E-state index in [-0.39, 0.29) is 42.5 Å². The van der Waals surface area contributed by atoms with E-state index in [0.29, 0.717) is 23.9 Å². The number of anilines is 1. The summed E-state index contributed by atoms with van der Waals surface area (Å²) in [5, 5.41) is 0. The molecule has 0 unspecified atom stereocenters. The highest BCUT2D eigenvalue weighted by Gasteiger charge is 2.35. The van der Waals surface area contributed by atoms with E-state index in [1.165, 1.54) is 52.2 Å². The molecule has 2 fully saturated rings. The number of amides is 1. The molecule has 1 amide bonds. The van der Waals surface area contributed by atoms with Crippen molar-refractivity contribution in [1.29, 1.82) is 0 Å². The Morgan fingerprint density at radius 2 is 1.62 bits per heavy atom. The van der Waals surface area contributed by atoms with Gasteiger partial charge in [0.1, 0.15) is 24.8 Å². The summed E-state index contributed by atoms with van der Waals surface area (Å²) in [4.78, 5) is 45.3. The number of likely N-dealkylation sites (tertiary alicyclic amines) is 1. The largest absolute Gasteiger partial charge is 0.494 e. The van der Waals surface area contributed by atoms with E-state index >= 15 is 0 Å². The molecule has 10 nitrogen and oxygen atoms in total. The van der Waals surface area contributed by atoms with Crippen molar-refractivity contribution >= 4 is 23.7 Å². The van der Waals surface area contributed by atoms with Crippen LogP contribution in [0.2, 0.25) is 0 Å². The van der Waals surface area contributed by atoms with Crippen molar-refractivity contribution in [1.82, 2.24) is 9.88 Å². The average Bonchev–Trinajstić information content (AvgIpc) is 3.63. The van der Waals surface area contributed by atoms with Gasteiger partial charge in [-0.15, -0.1) is 0 Å². The standard InChI is InChI=1S/C38H49N3O7/c1-28-9-10-36(39-25-28)41(37(44)35-8-7-20-46-35)33-11-17-40(18-12-33)19-15-38(13-5-4-6-14-38)16-21-45-34-23-31(26-47-29(2)42)22-32(24-34)27-48-30(3)43/h7-10,20,22-25,33H,4-6,11-19,21,26-27H2,1-3H3. The van der Waals surface area contributed by atoms with Gasteiger partial charge in [0.25, 0.3) is 5.91 Å². The van der Waals surface area contributed by atoms with Gasteiger partial charge < -0.3 is 23.5 Å². The fraction of sp³-hybridized carbons (Fsp3) is 0.526. The van der Waals surface area contributed by atoms with Crippen molar-refractivity contribution in [3.8, 4) is 5.75 Å². The van der Waals surface area contributed by atoms with E-state index in [0.717, 1.165) is 62.0 Å². The van der Waals surface area contributed by atoms with Crippen LogP contribution >= 0.6 is 0 Å². The molecule has 3 aromatic rings. The zero-order valence-corrected chi connectivity index (χ0v) is 28.6. The van der Waals surface area contributed by atoms with Gasteiger partial charge in [-0.2, -0.15) is 0 Å². The third kappa shape index (κ3) is 9.92. The number of carbonyl (C=O) groups is 3. The van der Waals surface area contributed by atoms with Crippen LogP contribution < -0.4 is 9.64 Å². The first kappa shape index (κ1) is 35.1. The topological polar surface area (TPSA) is 111 Å². The van der Waals surface area contributed by atoms with Crippen LogP contribution in [0.3, 0.4) is 0 Å². The maximum atomic E-state index is 13.5. The molecule has 2 aliphatic rings. The number of aryl methyl sites for hydroxylation is 1. The lowest BCUT2D eigenvalue weighted by Crippen LogP contribution is -2.48. The van der Waals surface area contributed by atoms with Crippen LogP contribution in [0.25, 0.3) is 0 Å². The van der Waals surface area contributed by atoms with E-state index in [9.17, 15) is 14.4 Å². The second-order valence-electron chi connectivity index (χ2n) is 13.4. The Kier molecular flexibility index (Phi) is 12.3. The Hall–Kier alpha value is -4.18. The number of hydrogen-bond donors (Lipinski definition) is 0. The molecule has 1 aromatic carbocycles. The minimum atomic E-state index is -0.353. The summed E-state index contributed by atoms with van der Waals surface area (Å²) < 4.78 is 22.2. The van der Waals surface area contributed by atoms with Crippen molar-refractivity contribution in [2.24, 2.45) is 5.41 Å². The number of furan rings is 1. The first-order valence-corrected chi connectivity index (χ1v) is 17.2. The van der Waals surface area contributed by atoms with Crippen LogP contribution in [0.1, 0.15) is 98.9 Å². The third-order valence-corrected chi connectivity index (χ3v) is 9.70. The zero-order valence-electron chi connectivity index (χ0n) is 28.6. The van der Waals surface area contributed by atoms with E-state index in [2.05, 4.69) is 9.88 Å². The Labute approximate surface area is 283 Å². The van der Waals surface area contributed by atoms with E-state index in [1.54, 1.807) is 12.1 Å². The van der Waals surface area contributed by atoms with Gasteiger partial charge in [0.2, 0.25) is 0 Å². The molecule has 0 bridgehead atoms. The molecule has 1 saturated carbocycles. The lowest BCUT2D eigenvalue weighted by molar-refractivity contribution is -0.142. The van der Waals surface area contributed by atoms with Gasteiger partial charge >= 0.3 is 11.9 Å². The number of piperidine rings is 1. The normalized spacial score (nSPS) is 16.6. The van der Waals surface area contributed by atoms with Crippen LogP contribution in [0.4, 0.5) is 5.82 Å². The molecular formula is C38H49N3O7. The maximum absolute atomic E-state index is 13.5. The van der Waals surface area contributed by atoms with Crippen LogP contribution in [0, 0.1) is 12.3 Å². The molecule has 1 aliphatic heterocycles. The van der Waals surface area contributed by atoms with Crippen molar-refractivity contribution in [2.45, 2.75) is 97.8 Å². The smallest absolute Gasteiger partial charge is 0.302 e. The lowest BCUT2D eigenvalue weighted by Gasteiger charge is -2.41. The minimum absolute atomic E-state index is 0.0495. The molecule has 0 atom stereocenters. The Bertz CT molecular complexity index is 1450. The van der Waals surface area contributed by atoms with Crippen molar-refractivity contribution < 1.29 is 33.0 Å². The van der Waals surface area contributed by atoms with Crippen molar-refractivity contribution in [3.63, 3.8) is 0 Å². The molecule has 0 spiro atoms. The summed E-state index contributed by atoms with van der Waals surface area (Å²) in [5.41, 5.74) is 2.86. The van der Waals surface area contributed by atoms with Gasteiger partial charge in [-0.25, -0.2) is 4.98 Å². The van der Waals surface area contributed by atoms with E-state index in [4.69, 9.17) is 18.6 Å². The summed E-state index contributed by atoms with van der Waals surface area (Å²) >= 11 is 0. The second kappa shape index (κ2) is 16.8. The lowest BCUT2D eigenvalue weighted by atomic mass is 9.69. The predicted molar refractivity (Wildman–Crippen MR) is 182 cm³/mol. The quantitative estimate of drug-likeness (QED) is 0.168. The average molecular weight is 660 g/mol. The number of benzene rings is 1. The molecule has 0 radical (unpaired) electrons. The number of hydrogen-bond acceptors (Lipinski definition) is 9. The van der Waals surface area contributed by atoms with E-state index < -0.39 is 0 Å². The number of esters is 2. The number of pyridine rings is 1. The first-order chi connectivity index (χ1) is 23.2. The molecule has 48 heavy (non-hydrogen) atoms. The molecule has 1 saturated heterocycles. The van der Waals surface area contributed by atoms with Gasteiger partial charge in [-0.3, -0.25) is 19.3 Å². The molecule has 10 heteroatoms. The molecule has 0 N–H and O–H groups in total. The molecule has 2 aromatic heterocycles. The Morgan fingerprint density at radius 1 is 0.938 bits per heavy atom. The van der Waals surface area contributed by atoms with Crippen LogP contribution in [0.5, 0.6) is 5.75 Å². The van der Waals surface area contributed by atoms with Gasteiger partial charge in [-0.1, -0.05) is 25.3 Å². The highest BCUT2D eigenvalue weighted by atomic mass is 16.5. The zero-order chi connectivity index (χ0) is 33.9. The molecule has 1 aliphatic carbocycles. The van der Waals surface area contributed by atoms with E-state index in [1.807, 2.05) is 48.4 Å². The summed E-state index contributed by atoms with van der Waals surface area (Å²) in [5.74, 6) is 0.830. The summed E-state index contributed by atoms with van der Waals surface area (Å²) in [6.45, 7) is 8.48. The van der Waals surface area contributed by atoms with Crippen LogP contribution in [0.15, 0.2) is 59.3 Å². The van der Waals surface area contributed by atoms with Gasteiger partial charge in [0.05, 0.1) is 12.9 Å². The third-order valence-electron chi connectivity index (χ3n) is 9.70. The van der Waals surface area contributed by atoms with Gasteiger partial charge in [0, 0.05) is 39.2 Å². The number of ether oxygens (including phenoxy) is 3. The molecule has 3 heterocycles. The SMILES string of the molecule is CC(=O)OCc1cc(COC(C)=O)cc(OCCC2(CCN3CCC(N(C(=O)c4ccco4)c4ccc(C)cn4)CC3)CCCCC2)c1. The van der Waals surface area contributed by atoms with Gasteiger partial charge in [0.15, 0.2) is 5.76 Å². The van der Waals surface area contributed by atoms with Crippen molar-refractivity contribution in [3.05, 3.63) is 77.4 Å². The van der Waals surface area contributed by atoms with Crippen molar-refractivity contribution in [2.75, 3.05) is 31.1 Å². The summed E-state index contributed by atoms with van der Waals surface area (Å²) in [6.07, 6.45) is 13.3. The first-order valence-electron chi connectivity index (χ1n) is 17.2. The Morgan fingerprint density at radius 3 is 2.21 bits per heavy atom. The summed E-state index contributed by atoms with van der Waals surface area (Å²) in [6, 6.07) is 13.1. The molecule has 5 rings (SSSR count). The van der Waals surface area contributed by atoms with Crippen LogP contribution in [-0.2, 0) is 32.3 Å². The number of carbonyl (C=O) groups excluding carboxylic acids is 3. The fourth-order valence-corrected chi connectivity index (χ4v) is 7.04. The number of rotatable bonds is 14.